The first kappa shape index (κ1) is 19.5. The van der Waals surface area contributed by atoms with Crippen molar-refractivity contribution in [1.29, 1.82) is 0 Å². The highest BCUT2D eigenvalue weighted by atomic mass is 16.6. The summed E-state index contributed by atoms with van der Waals surface area (Å²) in [6.07, 6.45) is 3.31. The number of ketones is 1. The molecule has 2 aliphatic heterocycles. The zero-order valence-corrected chi connectivity index (χ0v) is 15.8. The minimum atomic E-state index is -1.02. The predicted octanol–water partition coefficient (Wildman–Crippen LogP) is 1.17. The molecule has 0 aromatic heterocycles. The van der Waals surface area contributed by atoms with Gasteiger partial charge >= 0.3 is 5.97 Å². The third kappa shape index (κ3) is 3.45. The molecule has 2 saturated heterocycles. The van der Waals surface area contributed by atoms with Crippen LogP contribution in [0.3, 0.4) is 0 Å². The van der Waals surface area contributed by atoms with Crippen molar-refractivity contribution in [3.63, 3.8) is 0 Å². The van der Waals surface area contributed by atoms with Crippen molar-refractivity contribution in [3.05, 3.63) is 11.6 Å². The molecular formula is C19H28O7. The number of ether oxygens (including phenoxy) is 4. The average Bonchev–Trinajstić information content (AvgIpc) is 3.51. The van der Waals surface area contributed by atoms with Crippen molar-refractivity contribution in [1.82, 2.24) is 0 Å². The van der Waals surface area contributed by atoms with E-state index in [9.17, 15) is 9.59 Å². The lowest BCUT2D eigenvalue weighted by atomic mass is 9.68. The molecule has 6 atom stereocenters. The largest absolute Gasteiger partial charge is 0.454 e. The molecule has 2 heterocycles. The Hall–Kier alpha value is -1.28. The van der Waals surface area contributed by atoms with Crippen molar-refractivity contribution in [2.45, 2.75) is 69.5 Å². The van der Waals surface area contributed by atoms with E-state index in [-0.39, 0.29) is 17.6 Å². The number of aliphatic hydroxyl groups excluding tert-OH is 1. The molecule has 1 spiro atoms. The Labute approximate surface area is 153 Å². The number of aliphatic hydroxyl groups is 1. The van der Waals surface area contributed by atoms with E-state index in [1.54, 1.807) is 7.11 Å². The minimum absolute atomic E-state index is 0.0645. The molecule has 7 nitrogen and oxygen atoms in total. The summed E-state index contributed by atoms with van der Waals surface area (Å²) in [5.74, 6) is -2.06. The zero-order valence-electron chi connectivity index (χ0n) is 15.8. The molecule has 0 amide bonds. The summed E-state index contributed by atoms with van der Waals surface area (Å²) in [6, 6.07) is 0. The van der Waals surface area contributed by atoms with Crippen LogP contribution >= 0.6 is 0 Å². The fourth-order valence-electron chi connectivity index (χ4n) is 4.34. The summed E-state index contributed by atoms with van der Waals surface area (Å²) in [7, 11) is 1.57. The molecule has 0 aromatic rings. The van der Waals surface area contributed by atoms with Gasteiger partial charge in [-0.25, -0.2) is 4.79 Å². The molecule has 7 heteroatoms. The van der Waals surface area contributed by atoms with Crippen LogP contribution in [0.15, 0.2) is 11.6 Å². The van der Waals surface area contributed by atoms with Crippen LogP contribution in [-0.2, 0) is 28.5 Å². The van der Waals surface area contributed by atoms with E-state index in [2.05, 4.69) is 26.8 Å². The average molecular weight is 368 g/mol. The van der Waals surface area contributed by atoms with E-state index in [1.807, 2.05) is 0 Å². The molecule has 1 aliphatic carbocycles. The fourth-order valence-corrected chi connectivity index (χ4v) is 4.34. The lowest BCUT2D eigenvalue weighted by Gasteiger charge is -2.42. The minimum Gasteiger partial charge on any atom is -0.454 e. The molecule has 1 N–H and O–H groups in total. The molecule has 0 bridgehead atoms. The quantitative estimate of drug-likeness (QED) is 0.312. The predicted molar refractivity (Wildman–Crippen MR) is 91.5 cm³/mol. The van der Waals surface area contributed by atoms with Crippen LogP contribution in [0.2, 0.25) is 0 Å². The number of esters is 1. The standard InChI is InChI=1S/C19H28O7/c1-11(2)5-6-14-18(3,26-14)16-15(23-4)13(7-8-19(16)10-24-19)25-17(22)12(21)9-20/h5,13-16,20H,6-10H2,1-4H3/t13-,14-,15-,16-,18?,19+/m1/s1. The smallest absolute Gasteiger partial charge is 0.377 e. The zero-order chi connectivity index (χ0) is 19.1. The molecule has 1 unspecified atom stereocenters. The Bertz CT molecular complexity index is 605. The van der Waals surface area contributed by atoms with Gasteiger partial charge in [-0.1, -0.05) is 11.6 Å². The maximum atomic E-state index is 11.8. The van der Waals surface area contributed by atoms with Gasteiger partial charge < -0.3 is 24.1 Å². The number of rotatable bonds is 7. The van der Waals surface area contributed by atoms with E-state index >= 15 is 0 Å². The number of Topliss-reactive ketones (excluding diaryl/α,β-unsaturated/α-hetero) is 1. The van der Waals surface area contributed by atoms with Crippen molar-refractivity contribution >= 4 is 11.8 Å². The topological polar surface area (TPSA) is 97.9 Å². The van der Waals surface area contributed by atoms with Gasteiger partial charge in [-0.2, -0.15) is 0 Å². The van der Waals surface area contributed by atoms with Crippen LogP contribution in [0, 0.1) is 5.92 Å². The number of hydrogen-bond acceptors (Lipinski definition) is 7. The molecule has 0 radical (unpaired) electrons. The van der Waals surface area contributed by atoms with Crippen LogP contribution < -0.4 is 0 Å². The van der Waals surface area contributed by atoms with Gasteiger partial charge in [-0.05, 0) is 40.0 Å². The molecule has 3 aliphatic rings. The van der Waals surface area contributed by atoms with Crippen molar-refractivity contribution < 1.29 is 33.6 Å². The first-order valence-corrected chi connectivity index (χ1v) is 9.10. The van der Waals surface area contributed by atoms with Gasteiger partial charge in [0.15, 0.2) is 0 Å². The first-order valence-electron chi connectivity index (χ1n) is 9.10. The number of carbonyl (C=O) groups is 2. The lowest BCUT2D eigenvalue weighted by molar-refractivity contribution is -0.176. The van der Waals surface area contributed by atoms with Crippen molar-refractivity contribution in [3.8, 4) is 0 Å². The van der Waals surface area contributed by atoms with Crippen LogP contribution in [0.1, 0.15) is 40.0 Å². The summed E-state index contributed by atoms with van der Waals surface area (Å²) in [5, 5.41) is 8.85. The lowest BCUT2D eigenvalue weighted by Crippen LogP contribution is -2.56. The van der Waals surface area contributed by atoms with Gasteiger partial charge in [0, 0.05) is 7.11 Å². The normalized spacial score (nSPS) is 40.8. The second-order valence-electron chi connectivity index (χ2n) is 7.90. The van der Waals surface area contributed by atoms with E-state index in [1.165, 1.54) is 5.57 Å². The molecule has 3 fully saturated rings. The maximum absolute atomic E-state index is 11.8. The highest BCUT2D eigenvalue weighted by Crippen LogP contribution is 2.59. The number of hydrogen-bond donors (Lipinski definition) is 1. The highest BCUT2D eigenvalue weighted by molar-refractivity contribution is 6.34. The van der Waals surface area contributed by atoms with Crippen molar-refractivity contribution in [2.24, 2.45) is 5.92 Å². The molecule has 0 aromatic carbocycles. The molecule has 146 valence electrons. The van der Waals surface area contributed by atoms with Gasteiger partial charge in [-0.15, -0.1) is 0 Å². The van der Waals surface area contributed by atoms with Crippen LogP contribution in [-0.4, -0.2) is 66.7 Å². The first-order chi connectivity index (χ1) is 12.3. The Kier molecular flexibility index (Phi) is 5.27. The molecular weight excluding hydrogens is 340 g/mol. The second kappa shape index (κ2) is 7.03. The fraction of sp³-hybridized carbons (Fsp3) is 0.789. The van der Waals surface area contributed by atoms with E-state index in [0.717, 1.165) is 12.8 Å². The van der Waals surface area contributed by atoms with Crippen LogP contribution in [0.4, 0.5) is 0 Å². The second-order valence-corrected chi connectivity index (χ2v) is 7.90. The summed E-state index contributed by atoms with van der Waals surface area (Å²) < 4.78 is 23.0. The molecule has 3 rings (SSSR count). The van der Waals surface area contributed by atoms with Gasteiger partial charge in [0.05, 0.1) is 18.6 Å². The van der Waals surface area contributed by atoms with Gasteiger partial charge in [-0.3, -0.25) is 4.79 Å². The Morgan fingerprint density at radius 3 is 2.58 bits per heavy atom. The SMILES string of the molecule is CO[C@H]1[C@H](C2(C)O[C@@H]2CC=C(C)C)[C@]2(CC[C@H]1OC(=O)C(=O)CO)CO2. The highest BCUT2D eigenvalue weighted by Gasteiger charge is 2.72. The summed E-state index contributed by atoms with van der Waals surface area (Å²) in [4.78, 5) is 23.2. The van der Waals surface area contributed by atoms with Crippen LogP contribution in [0.5, 0.6) is 0 Å². The Balaban J connectivity index is 1.77. The van der Waals surface area contributed by atoms with Crippen molar-refractivity contribution in [2.75, 3.05) is 20.3 Å². The third-order valence-corrected chi connectivity index (χ3v) is 5.87. The van der Waals surface area contributed by atoms with Crippen LogP contribution in [0.25, 0.3) is 0 Å². The molecule has 1 saturated carbocycles. The van der Waals surface area contributed by atoms with E-state index in [0.29, 0.717) is 13.0 Å². The van der Waals surface area contributed by atoms with Gasteiger partial charge in [0.2, 0.25) is 0 Å². The Morgan fingerprint density at radius 2 is 2.04 bits per heavy atom. The summed E-state index contributed by atoms with van der Waals surface area (Å²) >= 11 is 0. The van der Waals surface area contributed by atoms with E-state index < -0.39 is 36.2 Å². The number of methoxy groups -OCH3 is 1. The molecule has 26 heavy (non-hydrogen) atoms. The summed E-state index contributed by atoms with van der Waals surface area (Å²) in [6.45, 7) is 5.95. The summed E-state index contributed by atoms with van der Waals surface area (Å²) in [5.41, 5.74) is 0.510. The van der Waals surface area contributed by atoms with Gasteiger partial charge in [0.25, 0.3) is 5.78 Å². The van der Waals surface area contributed by atoms with Gasteiger partial charge in [0.1, 0.15) is 30.0 Å². The maximum Gasteiger partial charge on any atom is 0.377 e. The number of carbonyl (C=O) groups excluding carboxylic acids is 2. The van der Waals surface area contributed by atoms with E-state index in [4.69, 9.17) is 24.1 Å². The monoisotopic (exact) mass is 368 g/mol. The Morgan fingerprint density at radius 1 is 1.35 bits per heavy atom. The number of allylic oxidation sites excluding steroid dienone is 1. The number of epoxide rings is 2. The third-order valence-electron chi connectivity index (χ3n) is 5.87.